The monoisotopic (exact) mass is 442 g/mol. The van der Waals surface area contributed by atoms with Crippen molar-refractivity contribution in [3.8, 4) is 0 Å². The van der Waals surface area contributed by atoms with E-state index in [-0.39, 0.29) is 17.9 Å². The van der Waals surface area contributed by atoms with Crippen molar-refractivity contribution in [3.05, 3.63) is 64.7 Å². The summed E-state index contributed by atoms with van der Waals surface area (Å²) in [6.07, 6.45) is 0.850. The number of amides is 2. The Bertz CT molecular complexity index is 879. The van der Waals surface area contributed by atoms with Gasteiger partial charge in [0, 0.05) is 26.2 Å². The van der Waals surface area contributed by atoms with Crippen LogP contribution >= 0.6 is 11.6 Å². The predicted octanol–water partition coefficient (Wildman–Crippen LogP) is 3.47. The van der Waals surface area contributed by atoms with Crippen LogP contribution in [0.4, 0.5) is 5.69 Å². The molecule has 0 unspecified atom stereocenters. The van der Waals surface area contributed by atoms with Crippen molar-refractivity contribution in [2.24, 2.45) is 0 Å². The number of hydrogen-bond acceptors (Lipinski definition) is 4. The molecule has 0 aromatic heterocycles. The Hall–Kier alpha value is -2.41. The molecule has 3 rings (SSSR count). The van der Waals surface area contributed by atoms with Crippen LogP contribution in [0, 0.1) is 6.92 Å². The molecule has 1 aliphatic heterocycles. The molecule has 1 heterocycles. The van der Waals surface area contributed by atoms with Crippen molar-refractivity contribution in [2.75, 3.05) is 44.6 Å². The average molecular weight is 443 g/mol. The molecule has 0 bridgehead atoms. The van der Waals surface area contributed by atoms with Gasteiger partial charge in [0.2, 0.25) is 11.8 Å². The Labute approximate surface area is 189 Å². The summed E-state index contributed by atoms with van der Waals surface area (Å²) in [7, 11) is 0. The molecular formula is C24H31ClN4O2. The number of aryl methyl sites for hydroxylation is 1. The van der Waals surface area contributed by atoms with E-state index in [1.54, 1.807) is 12.1 Å². The summed E-state index contributed by atoms with van der Waals surface area (Å²) in [6, 6.07) is 15.6. The van der Waals surface area contributed by atoms with Gasteiger partial charge in [0.1, 0.15) is 0 Å². The highest BCUT2D eigenvalue weighted by Crippen LogP contribution is 2.20. The van der Waals surface area contributed by atoms with Crippen LogP contribution in [0.15, 0.2) is 48.5 Å². The number of piperazine rings is 1. The molecule has 2 aromatic rings. The standard InChI is InChI=1S/C24H31ClN4O2/c1-3-21(19-10-8-18(2)9-11-19)26-23(30)16-28-12-14-29(15-13-28)17-24(31)27-22-7-5-4-6-20(22)25/h4-11,21H,3,12-17H2,1-2H3,(H,26,30)(H,27,31)/t21-/m1/s1. The van der Waals surface area contributed by atoms with E-state index in [0.29, 0.717) is 23.8 Å². The molecule has 1 atom stereocenters. The summed E-state index contributed by atoms with van der Waals surface area (Å²) in [5.74, 6) is -0.0412. The number of benzene rings is 2. The number of nitrogens with zero attached hydrogens (tertiary/aromatic N) is 2. The van der Waals surface area contributed by atoms with E-state index in [9.17, 15) is 9.59 Å². The van der Waals surface area contributed by atoms with Gasteiger partial charge >= 0.3 is 0 Å². The van der Waals surface area contributed by atoms with Gasteiger partial charge in [-0.1, -0.05) is 60.5 Å². The first-order valence-corrected chi connectivity index (χ1v) is 11.2. The highest BCUT2D eigenvalue weighted by molar-refractivity contribution is 6.33. The van der Waals surface area contributed by atoms with Crippen molar-refractivity contribution in [3.63, 3.8) is 0 Å². The summed E-state index contributed by atoms with van der Waals surface area (Å²) in [5.41, 5.74) is 2.97. The van der Waals surface area contributed by atoms with E-state index in [0.717, 1.165) is 38.2 Å². The molecule has 0 radical (unpaired) electrons. The zero-order chi connectivity index (χ0) is 22.2. The number of para-hydroxylation sites is 1. The number of halogens is 1. The third kappa shape index (κ3) is 7.06. The maximum absolute atomic E-state index is 12.6. The van der Waals surface area contributed by atoms with Crippen LogP contribution in [-0.2, 0) is 9.59 Å². The number of rotatable bonds is 8. The average Bonchev–Trinajstić information content (AvgIpc) is 2.76. The van der Waals surface area contributed by atoms with Gasteiger partial charge in [-0.3, -0.25) is 19.4 Å². The molecule has 0 saturated carbocycles. The smallest absolute Gasteiger partial charge is 0.238 e. The van der Waals surface area contributed by atoms with E-state index in [1.165, 1.54) is 5.56 Å². The minimum atomic E-state index is -0.0804. The SMILES string of the molecule is CC[C@@H](NC(=O)CN1CCN(CC(=O)Nc2ccccc2Cl)CC1)c1ccc(C)cc1. The van der Waals surface area contributed by atoms with Crippen LogP contribution in [0.5, 0.6) is 0 Å². The molecule has 1 aliphatic rings. The van der Waals surface area contributed by atoms with Crippen LogP contribution in [0.3, 0.4) is 0 Å². The molecule has 6 nitrogen and oxygen atoms in total. The fourth-order valence-corrected chi connectivity index (χ4v) is 3.91. The van der Waals surface area contributed by atoms with Gasteiger partial charge in [0.15, 0.2) is 0 Å². The molecule has 2 N–H and O–H groups in total. The Morgan fingerprint density at radius 3 is 2.10 bits per heavy atom. The highest BCUT2D eigenvalue weighted by Gasteiger charge is 2.22. The first kappa shape index (κ1) is 23.3. The second-order valence-corrected chi connectivity index (χ2v) is 8.43. The van der Waals surface area contributed by atoms with Gasteiger partial charge in [-0.25, -0.2) is 0 Å². The lowest BCUT2D eigenvalue weighted by molar-refractivity contribution is -0.124. The molecule has 1 fully saturated rings. The fraction of sp³-hybridized carbons (Fsp3) is 0.417. The van der Waals surface area contributed by atoms with Gasteiger partial charge in [-0.2, -0.15) is 0 Å². The van der Waals surface area contributed by atoms with Gasteiger partial charge in [-0.15, -0.1) is 0 Å². The largest absolute Gasteiger partial charge is 0.348 e. The minimum absolute atomic E-state index is 0.0305. The topological polar surface area (TPSA) is 64.7 Å². The molecule has 1 saturated heterocycles. The lowest BCUT2D eigenvalue weighted by Crippen LogP contribution is -2.51. The maximum Gasteiger partial charge on any atom is 0.238 e. The van der Waals surface area contributed by atoms with E-state index >= 15 is 0 Å². The van der Waals surface area contributed by atoms with E-state index in [1.807, 2.05) is 12.1 Å². The number of anilines is 1. The van der Waals surface area contributed by atoms with Crippen LogP contribution in [0.25, 0.3) is 0 Å². The van der Waals surface area contributed by atoms with Crippen molar-refractivity contribution in [1.29, 1.82) is 0 Å². The summed E-state index contributed by atoms with van der Waals surface area (Å²) in [5, 5.41) is 6.54. The van der Waals surface area contributed by atoms with Gasteiger partial charge in [0.25, 0.3) is 0 Å². The second kappa shape index (κ2) is 11.3. The maximum atomic E-state index is 12.6. The lowest BCUT2D eigenvalue weighted by atomic mass is 10.0. The molecule has 0 spiro atoms. The minimum Gasteiger partial charge on any atom is -0.348 e. The third-order valence-corrected chi connectivity index (χ3v) is 5.90. The van der Waals surface area contributed by atoms with Gasteiger partial charge < -0.3 is 10.6 Å². The van der Waals surface area contributed by atoms with Crippen LogP contribution < -0.4 is 10.6 Å². The predicted molar refractivity (Wildman–Crippen MR) is 125 cm³/mol. The van der Waals surface area contributed by atoms with E-state index < -0.39 is 0 Å². The molecular weight excluding hydrogens is 412 g/mol. The number of carbonyl (C=O) groups is 2. The Balaban J connectivity index is 1.41. The number of nitrogens with one attached hydrogen (secondary N) is 2. The van der Waals surface area contributed by atoms with Crippen LogP contribution in [0.2, 0.25) is 5.02 Å². The highest BCUT2D eigenvalue weighted by atomic mass is 35.5. The second-order valence-electron chi connectivity index (χ2n) is 8.02. The normalized spacial score (nSPS) is 16.0. The van der Waals surface area contributed by atoms with Crippen molar-refractivity contribution in [2.45, 2.75) is 26.3 Å². The van der Waals surface area contributed by atoms with Crippen molar-refractivity contribution < 1.29 is 9.59 Å². The molecule has 166 valence electrons. The van der Waals surface area contributed by atoms with E-state index in [4.69, 9.17) is 11.6 Å². The third-order valence-electron chi connectivity index (χ3n) is 5.57. The summed E-state index contributed by atoms with van der Waals surface area (Å²) in [4.78, 5) is 29.1. The zero-order valence-corrected chi connectivity index (χ0v) is 19.0. The van der Waals surface area contributed by atoms with Gasteiger partial charge in [0.05, 0.1) is 29.8 Å². The quantitative estimate of drug-likeness (QED) is 0.657. The summed E-state index contributed by atoms with van der Waals surface area (Å²) in [6.45, 7) is 7.85. The molecule has 0 aliphatic carbocycles. The summed E-state index contributed by atoms with van der Waals surface area (Å²) < 4.78 is 0. The molecule has 2 amide bonds. The Morgan fingerprint density at radius 2 is 1.52 bits per heavy atom. The number of hydrogen-bond donors (Lipinski definition) is 2. The number of carbonyl (C=O) groups excluding carboxylic acids is 2. The van der Waals surface area contributed by atoms with Crippen molar-refractivity contribution >= 4 is 29.1 Å². The molecule has 2 aromatic carbocycles. The lowest BCUT2D eigenvalue weighted by Gasteiger charge is -2.34. The summed E-state index contributed by atoms with van der Waals surface area (Å²) >= 11 is 6.10. The first-order valence-electron chi connectivity index (χ1n) is 10.8. The van der Waals surface area contributed by atoms with Crippen LogP contribution in [-0.4, -0.2) is 60.9 Å². The Morgan fingerprint density at radius 1 is 0.935 bits per heavy atom. The fourth-order valence-electron chi connectivity index (χ4n) is 3.72. The van der Waals surface area contributed by atoms with Crippen molar-refractivity contribution in [1.82, 2.24) is 15.1 Å². The van der Waals surface area contributed by atoms with E-state index in [2.05, 4.69) is 58.5 Å². The van der Waals surface area contributed by atoms with Gasteiger partial charge in [-0.05, 0) is 31.0 Å². The Kier molecular flexibility index (Phi) is 8.46. The zero-order valence-electron chi connectivity index (χ0n) is 18.2. The van der Waals surface area contributed by atoms with Crippen LogP contribution in [0.1, 0.15) is 30.5 Å². The molecule has 7 heteroatoms. The molecule has 31 heavy (non-hydrogen) atoms. The first-order chi connectivity index (χ1) is 14.9.